The Morgan fingerprint density at radius 3 is 2.59 bits per heavy atom. The fraction of sp³-hybridized carbons (Fsp3) is 0.529. The minimum absolute atomic E-state index is 0.00796. The van der Waals surface area contributed by atoms with Gasteiger partial charge in [0.25, 0.3) is 5.91 Å². The van der Waals surface area contributed by atoms with Crippen LogP contribution in [0.2, 0.25) is 0 Å². The first-order chi connectivity index (χ1) is 10.6. The van der Waals surface area contributed by atoms with Gasteiger partial charge in [0.2, 0.25) is 5.91 Å². The van der Waals surface area contributed by atoms with E-state index in [1.54, 1.807) is 4.90 Å². The molecule has 1 aromatic rings. The van der Waals surface area contributed by atoms with Crippen molar-refractivity contribution in [2.45, 2.75) is 33.6 Å². The molecule has 120 valence electrons. The van der Waals surface area contributed by atoms with E-state index in [1.165, 1.54) is 0 Å². The summed E-state index contributed by atoms with van der Waals surface area (Å²) in [5, 5.41) is 0. The third-order valence-electron chi connectivity index (χ3n) is 3.69. The van der Waals surface area contributed by atoms with Crippen LogP contribution in [0, 0.1) is 6.92 Å². The highest BCUT2D eigenvalue weighted by Crippen LogP contribution is 2.32. The summed E-state index contributed by atoms with van der Waals surface area (Å²) in [5.74, 6) is 0.487. The number of carbonyl (C=O) groups excluding carboxylic acids is 2. The molecule has 0 unspecified atom stereocenters. The van der Waals surface area contributed by atoms with E-state index in [9.17, 15) is 9.59 Å². The first-order valence-electron chi connectivity index (χ1n) is 7.88. The van der Waals surface area contributed by atoms with Crippen LogP contribution in [0.3, 0.4) is 0 Å². The largest absolute Gasteiger partial charge is 0.482 e. The number of amides is 2. The molecule has 0 aromatic heterocycles. The molecule has 0 radical (unpaired) electrons. The number of anilines is 1. The fourth-order valence-electron chi connectivity index (χ4n) is 2.62. The second kappa shape index (κ2) is 7.29. The minimum Gasteiger partial charge on any atom is -0.482 e. The lowest BCUT2D eigenvalue weighted by Crippen LogP contribution is -2.46. The van der Waals surface area contributed by atoms with Crippen LogP contribution >= 0.6 is 0 Å². The molecular formula is C17H24N2O3. The SMILES string of the molecule is CCCN(CCC)C(=O)CN1C(=O)COc2ccc(C)cc21. The van der Waals surface area contributed by atoms with Crippen LogP contribution in [0.25, 0.3) is 0 Å². The zero-order chi connectivity index (χ0) is 16.1. The predicted octanol–water partition coefficient (Wildman–Crippen LogP) is 2.37. The van der Waals surface area contributed by atoms with Crippen molar-refractivity contribution in [3.05, 3.63) is 23.8 Å². The Kier molecular flexibility index (Phi) is 5.41. The summed E-state index contributed by atoms with van der Waals surface area (Å²) < 4.78 is 5.44. The molecule has 2 amide bonds. The van der Waals surface area contributed by atoms with Gasteiger partial charge in [-0.2, -0.15) is 0 Å². The molecule has 5 heteroatoms. The van der Waals surface area contributed by atoms with Gasteiger partial charge in [-0.05, 0) is 37.5 Å². The Hall–Kier alpha value is -2.04. The van der Waals surface area contributed by atoms with Crippen LogP contribution in [-0.2, 0) is 9.59 Å². The fourth-order valence-corrected chi connectivity index (χ4v) is 2.62. The number of benzene rings is 1. The molecule has 1 heterocycles. The van der Waals surface area contributed by atoms with Gasteiger partial charge in [0.05, 0.1) is 5.69 Å². The average Bonchev–Trinajstić information content (AvgIpc) is 2.50. The molecule has 0 fully saturated rings. The van der Waals surface area contributed by atoms with Gasteiger partial charge in [0, 0.05) is 13.1 Å². The summed E-state index contributed by atoms with van der Waals surface area (Å²) in [6.07, 6.45) is 1.83. The Balaban J connectivity index is 2.19. The van der Waals surface area contributed by atoms with E-state index in [0.717, 1.165) is 31.5 Å². The Labute approximate surface area is 131 Å². The van der Waals surface area contributed by atoms with E-state index in [0.29, 0.717) is 11.4 Å². The summed E-state index contributed by atoms with van der Waals surface area (Å²) >= 11 is 0. The number of ether oxygens (including phenoxy) is 1. The van der Waals surface area contributed by atoms with Gasteiger partial charge in [0.1, 0.15) is 12.3 Å². The minimum atomic E-state index is -0.167. The highest BCUT2D eigenvalue weighted by molar-refractivity contribution is 6.02. The lowest BCUT2D eigenvalue weighted by Gasteiger charge is -2.31. The van der Waals surface area contributed by atoms with E-state index in [-0.39, 0.29) is 25.0 Å². The second-order valence-corrected chi connectivity index (χ2v) is 5.62. The van der Waals surface area contributed by atoms with Crippen molar-refractivity contribution < 1.29 is 14.3 Å². The molecule has 1 aliphatic heterocycles. The standard InChI is InChI=1S/C17H24N2O3/c1-4-8-18(9-5-2)16(20)11-19-14-10-13(3)6-7-15(14)22-12-17(19)21/h6-7,10H,4-5,8-9,11-12H2,1-3H3. The molecule has 0 aliphatic carbocycles. The van der Waals surface area contributed by atoms with E-state index in [2.05, 4.69) is 13.8 Å². The smallest absolute Gasteiger partial charge is 0.265 e. The number of hydrogen-bond acceptors (Lipinski definition) is 3. The summed E-state index contributed by atoms with van der Waals surface area (Å²) in [6.45, 7) is 7.59. The Morgan fingerprint density at radius 2 is 1.95 bits per heavy atom. The average molecular weight is 304 g/mol. The van der Waals surface area contributed by atoms with Crippen LogP contribution in [0.4, 0.5) is 5.69 Å². The molecular weight excluding hydrogens is 280 g/mol. The van der Waals surface area contributed by atoms with Gasteiger partial charge >= 0.3 is 0 Å². The summed E-state index contributed by atoms with van der Waals surface area (Å²) in [4.78, 5) is 28.1. The van der Waals surface area contributed by atoms with Crippen molar-refractivity contribution >= 4 is 17.5 Å². The summed E-state index contributed by atoms with van der Waals surface area (Å²) in [5.41, 5.74) is 1.73. The third-order valence-corrected chi connectivity index (χ3v) is 3.69. The summed E-state index contributed by atoms with van der Waals surface area (Å²) in [6, 6.07) is 5.68. The number of carbonyl (C=O) groups is 2. The molecule has 0 bridgehead atoms. The highest BCUT2D eigenvalue weighted by atomic mass is 16.5. The van der Waals surface area contributed by atoms with Crippen molar-refractivity contribution in [3.63, 3.8) is 0 Å². The van der Waals surface area contributed by atoms with E-state index in [1.807, 2.05) is 30.0 Å². The van der Waals surface area contributed by atoms with Gasteiger partial charge in [-0.3, -0.25) is 14.5 Å². The number of rotatable bonds is 6. The molecule has 22 heavy (non-hydrogen) atoms. The van der Waals surface area contributed by atoms with E-state index >= 15 is 0 Å². The molecule has 0 atom stereocenters. The number of aryl methyl sites for hydroxylation is 1. The van der Waals surface area contributed by atoms with Crippen LogP contribution in [0.15, 0.2) is 18.2 Å². The van der Waals surface area contributed by atoms with Crippen molar-refractivity contribution in [3.8, 4) is 5.75 Å². The molecule has 2 rings (SSSR count). The van der Waals surface area contributed by atoms with Gasteiger partial charge in [-0.1, -0.05) is 19.9 Å². The normalized spacial score (nSPS) is 13.6. The van der Waals surface area contributed by atoms with Crippen molar-refractivity contribution in [2.75, 3.05) is 31.1 Å². The maximum atomic E-state index is 12.5. The van der Waals surface area contributed by atoms with Crippen LogP contribution in [-0.4, -0.2) is 43.0 Å². The van der Waals surface area contributed by atoms with Gasteiger partial charge in [-0.15, -0.1) is 0 Å². The number of fused-ring (bicyclic) bond motifs is 1. The molecule has 0 N–H and O–H groups in total. The van der Waals surface area contributed by atoms with E-state index in [4.69, 9.17) is 4.74 Å². The van der Waals surface area contributed by atoms with Gasteiger partial charge < -0.3 is 9.64 Å². The number of nitrogens with zero attached hydrogens (tertiary/aromatic N) is 2. The van der Waals surface area contributed by atoms with Gasteiger partial charge in [0.15, 0.2) is 6.61 Å². The maximum absolute atomic E-state index is 12.5. The quantitative estimate of drug-likeness (QED) is 0.810. The topological polar surface area (TPSA) is 49.9 Å². The molecule has 0 spiro atoms. The van der Waals surface area contributed by atoms with Crippen molar-refractivity contribution in [1.82, 2.24) is 4.90 Å². The monoisotopic (exact) mass is 304 g/mol. The number of hydrogen-bond donors (Lipinski definition) is 0. The highest BCUT2D eigenvalue weighted by Gasteiger charge is 2.28. The zero-order valence-electron chi connectivity index (χ0n) is 13.6. The molecule has 1 aromatic carbocycles. The molecule has 0 saturated carbocycles. The lowest BCUT2D eigenvalue weighted by atomic mass is 10.1. The van der Waals surface area contributed by atoms with Crippen molar-refractivity contribution in [1.29, 1.82) is 0 Å². The second-order valence-electron chi connectivity index (χ2n) is 5.62. The van der Waals surface area contributed by atoms with Crippen LogP contribution < -0.4 is 9.64 Å². The third kappa shape index (κ3) is 3.59. The summed E-state index contributed by atoms with van der Waals surface area (Å²) in [7, 11) is 0. The van der Waals surface area contributed by atoms with Crippen LogP contribution in [0.1, 0.15) is 32.3 Å². The maximum Gasteiger partial charge on any atom is 0.265 e. The first-order valence-corrected chi connectivity index (χ1v) is 7.88. The molecule has 5 nitrogen and oxygen atoms in total. The molecule has 0 saturated heterocycles. The van der Waals surface area contributed by atoms with Crippen LogP contribution in [0.5, 0.6) is 5.75 Å². The molecule has 1 aliphatic rings. The first kappa shape index (κ1) is 16.3. The van der Waals surface area contributed by atoms with Crippen molar-refractivity contribution in [2.24, 2.45) is 0 Å². The predicted molar refractivity (Wildman–Crippen MR) is 86.2 cm³/mol. The lowest BCUT2D eigenvalue weighted by molar-refractivity contribution is -0.132. The van der Waals surface area contributed by atoms with E-state index < -0.39 is 0 Å². The zero-order valence-corrected chi connectivity index (χ0v) is 13.6. The van der Waals surface area contributed by atoms with Gasteiger partial charge in [-0.25, -0.2) is 0 Å². The Morgan fingerprint density at radius 1 is 1.27 bits per heavy atom. The Bertz CT molecular complexity index is 551.